The minimum absolute atomic E-state index is 0.00647. The number of benzene rings is 2. The van der Waals surface area contributed by atoms with Gasteiger partial charge in [-0.1, -0.05) is 0 Å². The van der Waals surface area contributed by atoms with Crippen molar-refractivity contribution >= 4 is 22.7 Å². The fraction of sp³-hybridized carbons (Fsp3) is 0.333. The highest BCUT2D eigenvalue weighted by Gasteiger charge is 2.14. The van der Waals surface area contributed by atoms with Crippen molar-refractivity contribution in [3.05, 3.63) is 35.9 Å². The summed E-state index contributed by atoms with van der Waals surface area (Å²) in [5, 5.41) is 33.8. The minimum Gasteiger partial charge on any atom is -0.399 e. The van der Waals surface area contributed by atoms with E-state index in [1.807, 2.05) is 24.3 Å². The molecule has 0 aliphatic carbocycles. The van der Waals surface area contributed by atoms with E-state index in [9.17, 15) is 5.11 Å². The van der Waals surface area contributed by atoms with Crippen LogP contribution in [0.2, 0.25) is 0 Å². The van der Waals surface area contributed by atoms with Crippen LogP contribution in [0.3, 0.4) is 0 Å². The molecule has 0 atom stereocenters. The van der Waals surface area contributed by atoms with Crippen LogP contribution in [0.1, 0.15) is 5.56 Å². The summed E-state index contributed by atoms with van der Waals surface area (Å²) in [6.45, 7) is 0.852. The molecule has 0 bridgehead atoms. The Morgan fingerprint density at radius 2 is 1.52 bits per heavy atom. The van der Waals surface area contributed by atoms with Crippen molar-refractivity contribution < 1.29 is 15.3 Å². The molecule has 0 radical (unpaired) electrons. The SMILES string of the molecule is Nc1cc(N)c(CCO)c(-c2cc(NCCO)ccc2NCCO)c1. The summed E-state index contributed by atoms with van der Waals surface area (Å²) in [6.07, 6.45) is 0.412. The minimum atomic E-state index is -0.0248. The predicted octanol–water partition coefficient (Wildman–Crippen LogP) is 0.861. The van der Waals surface area contributed by atoms with Crippen molar-refractivity contribution in [2.45, 2.75) is 6.42 Å². The Hall–Kier alpha value is -2.48. The van der Waals surface area contributed by atoms with Crippen LogP contribution in [-0.4, -0.2) is 48.2 Å². The molecule has 0 unspecified atom stereocenters. The summed E-state index contributed by atoms with van der Waals surface area (Å²) >= 11 is 0. The fourth-order valence-electron chi connectivity index (χ4n) is 2.77. The van der Waals surface area contributed by atoms with E-state index >= 15 is 0 Å². The van der Waals surface area contributed by atoms with Gasteiger partial charge in [0.1, 0.15) is 0 Å². The lowest BCUT2D eigenvalue weighted by atomic mass is 9.94. The second-order valence-corrected chi connectivity index (χ2v) is 5.67. The zero-order valence-electron chi connectivity index (χ0n) is 14.1. The molecule has 2 rings (SSSR count). The van der Waals surface area contributed by atoms with Crippen LogP contribution in [0.4, 0.5) is 22.7 Å². The third-order valence-corrected chi connectivity index (χ3v) is 3.85. The molecule has 0 aliphatic heterocycles. The van der Waals surface area contributed by atoms with Crippen LogP contribution in [0.15, 0.2) is 30.3 Å². The van der Waals surface area contributed by atoms with Crippen molar-refractivity contribution in [2.75, 3.05) is 55.0 Å². The van der Waals surface area contributed by atoms with E-state index in [-0.39, 0.29) is 19.8 Å². The van der Waals surface area contributed by atoms with Crippen LogP contribution in [-0.2, 0) is 6.42 Å². The molecule has 7 heteroatoms. The van der Waals surface area contributed by atoms with Gasteiger partial charge in [-0.2, -0.15) is 0 Å². The first-order valence-electron chi connectivity index (χ1n) is 8.23. The van der Waals surface area contributed by atoms with Gasteiger partial charge in [-0.15, -0.1) is 0 Å². The average molecular weight is 346 g/mol. The monoisotopic (exact) mass is 346 g/mol. The quantitative estimate of drug-likeness (QED) is 0.334. The van der Waals surface area contributed by atoms with E-state index in [0.717, 1.165) is 28.1 Å². The number of nitrogens with two attached hydrogens (primary N) is 2. The maximum atomic E-state index is 9.39. The number of nitrogens with one attached hydrogen (secondary N) is 2. The molecule has 0 heterocycles. The van der Waals surface area contributed by atoms with Crippen molar-refractivity contribution in [3.63, 3.8) is 0 Å². The molecular formula is C18H26N4O3. The molecule has 25 heavy (non-hydrogen) atoms. The number of anilines is 4. The number of aliphatic hydroxyl groups is 3. The highest BCUT2D eigenvalue weighted by molar-refractivity contribution is 5.87. The molecule has 0 amide bonds. The van der Waals surface area contributed by atoms with E-state index in [1.54, 1.807) is 6.07 Å². The molecule has 0 saturated heterocycles. The van der Waals surface area contributed by atoms with Gasteiger partial charge in [-0.3, -0.25) is 0 Å². The lowest BCUT2D eigenvalue weighted by molar-refractivity contribution is 0.300. The summed E-state index contributed by atoms with van der Waals surface area (Å²) in [5.74, 6) is 0. The van der Waals surface area contributed by atoms with Gasteiger partial charge >= 0.3 is 0 Å². The van der Waals surface area contributed by atoms with Gasteiger partial charge in [0.2, 0.25) is 0 Å². The Morgan fingerprint density at radius 1 is 0.800 bits per heavy atom. The Bertz CT molecular complexity index is 707. The second-order valence-electron chi connectivity index (χ2n) is 5.67. The third-order valence-electron chi connectivity index (χ3n) is 3.85. The van der Waals surface area contributed by atoms with Crippen LogP contribution < -0.4 is 22.1 Å². The largest absolute Gasteiger partial charge is 0.399 e. The Morgan fingerprint density at radius 3 is 2.20 bits per heavy atom. The number of aliphatic hydroxyl groups excluding tert-OH is 3. The van der Waals surface area contributed by atoms with E-state index in [2.05, 4.69) is 10.6 Å². The molecule has 0 aliphatic rings. The molecular weight excluding hydrogens is 320 g/mol. The van der Waals surface area contributed by atoms with Crippen LogP contribution in [0, 0.1) is 0 Å². The zero-order chi connectivity index (χ0) is 18.2. The third kappa shape index (κ3) is 4.76. The first kappa shape index (κ1) is 18.9. The van der Waals surface area contributed by atoms with Gasteiger partial charge < -0.3 is 37.4 Å². The van der Waals surface area contributed by atoms with E-state index in [1.165, 1.54) is 0 Å². The van der Waals surface area contributed by atoms with Crippen LogP contribution in [0.25, 0.3) is 11.1 Å². The lowest BCUT2D eigenvalue weighted by Gasteiger charge is -2.19. The molecule has 0 saturated carbocycles. The summed E-state index contributed by atoms with van der Waals surface area (Å²) in [4.78, 5) is 0. The molecule has 0 aromatic heterocycles. The number of hydrogen-bond acceptors (Lipinski definition) is 7. The van der Waals surface area contributed by atoms with Crippen LogP contribution >= 0.6 is 0 Å². The molecule has 2 aromatic carbocycles. The number of rotatable bonds is 9. The topological polar surface area (TPSA) is 137 Å². The van der Waals surface area contributed by atoms with Gasteiger partial charge in [-0.25, -0.2) is 0 Å². The van der Waals surface area contributed by atoms with Gasteiger partial charge in [-0.05, 0) is 47.9 Å². The Balaban J connectivity index is 2.57. The molecule has 136 valence electrons. The standard InChI is InChI=1S/C18H26N4O3/c19-12-9-15(14(3-6-23)17(20)10-12)16-11-13(21-4-7-24)1-2-18(16)22-5-8-25/h1-2,9-11,21-25H,3-8,19-20H2. The average Bonchev–Trinajstić information content (AvgIpc) is 2.60. The van der Waals surface area contributed by atoms with Gasteiger partial charge in [0.25, 0.3) is 0 Å². The zero-order valence-corrected chi connectivity index (χ0v) is 14.1. The molecule has 0 spiro atoms. The van der Waals surface area contributed by atoms with Crippen molar-refractivity contribution in [1.29, 1.82) is 0 Å². The highest BCUT2D eigenvalue weighted by atomic mass is 16.3. The van der Waals surface area contributed by atoms with E-state index in [0.29, 0.717) is 30.9 Å². The second kappa shape index (κ2) is 9.12. The van der Waals surface area contributed by atoms with E-state index < -0.39 is 0 Å². The fourth-order valence-corrected chi connectivity index (χ4v) is 2.77. The number of nitrogen functional groups attached to an aromatic ring is 2. The van der Waals surface area contributed by atoms with Crippen molar-refractivity contribution in [2.24, 2.45) is 0 Å². The van der Waals surface area contributed by atoms with Crippen molar-refractivity contribution in [1.82, 2.24) is 0 Å². The maximum absolute atomic E-state index is 9.39. The Labute approximate surface area is 147 Å². The molecule has 7 nitrogen and oxygen atoms in total. The predicted molar refractivity (Wildman–Crippen MR) is 103 cm³/mol. The summed E-state index contributed by atoms with van der Waals surface area (Å²) in [5.41, 5.74) is 17.3. The molecule has 9 N–H and O–H groups in total. The van der Waals surface area contributed by atoms with E-state index in [4.69, 9.17) is 21.7 Å². The van der Waals surface area contributed by atoms with Gasteiger partial charge in [0.05, 0.1) is 13.2 Å². The van der Waals surface area contributed by atoms with Gasteiger partial charge in [0.15, 0.2) is 0 Å². The first-order chi connectivity index (χ1) is 12.1. The Kier molecular flexibility index (Phi) is 6.88. The highest BCUT2D eigenvalue weighted by Crippen LogP contribution is 2.37. The normalized spacial score (nSPS) is 10.7. The summed E-state index contributed by atoms with van der Waals surface area (Å²) in [7, 11) is 0. The lowest BCUT2D eigenvalue weighted by Crippen LogP contribution is -2.09. The summed E-state index contributed by atoms with van der Waals surface area (Å²) in [6, 6.07) is 9.23. The molecule has 2 aromatic rings. The number of hydrogen-bond donors (Lipinski definition) is 7. The smallest absolute Gasteiger partial charge is 0.0604 e. The van der Waals surface area contributed by atoms with Crippen molar-refractivity contribution in [3.8, 4) is 11.1 Å². The summed E-state index contributed by atoms with van der Waals surface area (Å²) < 4.78 is 0. The van der Waals surface area contributed by atoms with Gasteiger partial charge in [0, 0.05) is 48.0 Å². The maximum Gasteiger partial charge on any atom is 0.0604 e. The van der Waals surface area contributed by atoms with Crippen LogP contribution in [0.5, 0.6) is 0 Å². The molecule has 0 fully saturated rings. The first-order valence-corrected chi connectivity index (χ1v) is 8.23.